The molecule has 172 valence electrons. The van der Waals surface area contributed by atoms with Gasteiger partial charge in [0, 0.05) is 28.7 Å². The Bertz CT molecular complexity index is 1040. The van der Waals surface area contributed by atoms with Crippen LogP contribution in [0.15, 0.2) is 72.9 Å². The Morgan fingerprint density at radius 1 is 1.03 bits per heavy atom. The molecule has 4 rings (SSSR count). The molecular formula is C26H27Cl2N3O2. The Kier molecular flexibility index (Phi) is 8.21. The fraction of sp³-hybridized carbons (Fsp3) is 0.308. The zero-order valence-corrected chi connectivity index (χ0v) is 19.8. The van der Waals surface area contributed by atoms with E-state index in [0.29, 0.717) is 16.7 Å². The maximum Gasteiger partial charge on any atom is 0.224 e. The van der Waals surface area contributed by atoms with Gasteiger partial charge in [-0.3, -0.25) is 14.7 Å². The van der Waals surface area contributed by atoms with Crippen LogP contribution in [-0.2, 0) is 4.79 Å². The smallest absolute Gasteiger partial charge is 0.224 e. The number of nitrogens with zero attached hydrogens (tertiary/aromatic N) is 2. The van der Waals surface area contributed by atoms with Gasteiger partial charge >= 0.3 is 0 Å². The number of pyridine rings is 1. The molecule has 0 aliphatic carbocycles. The van der Waals surface area contributed by atoms with E-state index in [4.69, 9.17) is 27.9 Å². The molecule has 0 radical (unpaired) electrons. The normalized spacial score (nSPS) is 15.7. The minimum Gasteiger partial charge on any atom is -0.492 e. The van der Waals surface area contributed by atoms with Gasteiger partial charge in [0.05, 0.1) is 11.7 Å². The molecule has 1 aliphatic rings. The Morgan fingerprint density at radius 2 is 1.82 bits per heavy atom. The summed E-state index contributed by atoms with van der Waals surface area (Å²) in [4.78, 5) is 20.0. The maximum atomic E-state index is 13.1. The highest BCUT2D eigenvalue weighted by molar-refractivity contribution is 6.30. The van der Waals surface area contributed by atoms with Gasteiger partial charge in [0.25, 0.3) is 0 Å². The second-order valence-electron chi connectivity index (χ2n) is 8.17. The van der Waals surface area contributed by atoms with Crippen LogP contribution in [0.1, 0.15) is 30.1 Å². The number of ether oxygens (including phenoxy) is 1. The van der Waals surface area contributed by atoms with Crippen LogP contribution in [-0.4, -0.2) is 42.0 Å². The molecule has 1 atom stereocenters. The van der Waals surface area contributed by atoms with E-state index in [1.807, 2.05) is 66.7 Å². The van der Waals surface area contributed by atoms with Crippen molar-refractivity contribution in [3.05, 3.63) is 94.2 Å². The van der Waals surface area contributed by atoms with Crippen LogP contribution in [0.2, 0.25) is 10.0 Å². The number of rotatable bonds is 8. The van der Waals surface area contributed by atoms with Crippen molar-refractivity contribution >= 4 is 29.1 Å². The highest BCUT2D eigenvalue weighted by atomic mass is 35.5. The number of aromatic nitrogens is 1. The van der Waals surface area contributed by atoms with Crippen molar-refractivity contribution in [1.82, 2.24) is 15.2 Å². The minimum absolute atomic E-state index is 0.0198. The summed E-state index contributed by atoms with van der Waals surface area (Å²) in [7, 11) is 0. The number of piperidine rings is 1. The van der Waals surface area contributed by atoms with E-state index in [-0.39, 0.29) is 17.9 Å². The van der Waals surface area contributed by atoms with Crippen LogP contribution in [0.25, 0.3) is 0 Å². The summed E-state index contributed by atoms with van der Waals surface area (Å²) in [6, 6.07) is 20.4. The van der Waals surface area contributed by atoms with Crippen LogP contribution in [0.4, 0.5) is 0 Å². The third-order valence-electron chi connectivity index (χ3n) is 5.90. The van der Waals surface area contributed by atoms with Gasteiger partial charge in [-0.05, 0) is 74.0 Å². The average molecular weight is 484 g/mol. The highest BCUT2D eigenvalue weighted by Crippen LogP contribution is 2.25. The Morgan fingerprint density at radius 3 is 2.52 bits per heavy atom. The number of nitrogens with one attached hydrogen (secondary N) is 1. The molecule has 33 heavy (non-hydrogen) atoms. The molecule has 1 fully saturated rings. The third kappa shape index (κ3) is 6.70. The SMILES string of the molecule is O=C(NC(c1ccc(Cl)cc1)c1ccccn1)C1CCN(CCOc2cccc(Cl)c2)CC1. The van der Waals surface area contributed by atoms with Gasteiger partial charge in [-0.2, -0.15) is 0 Å². The number of amides is 1. The zero-order valence-electron chi connectivity index (χ0n) is 18.3. The second kappa shape index (κ2) is 11.5. The lowest BCUT2D eigenvalue weighted by molar-refractivity contribution is -0.127. The summed E-state index contributed by atoms with van der Waals surface area (Å²) in [6.45, 7) is 3.15. The van der Waals surface area contributed by atoms with Crippen molar-refractivity contribution in [2.75, 3.05) is 26.2 Å². The van der Waals surface area contributed by atoms with Crippen LogP contribution in [0.5, 0.6) is 5.75 Å². The van der Waals surface area contributed by atoms with Crippen LogP contribution in [0.3, 0.4) is 0 Å². The molecule has 3 aromatic rings. The van der Waals surface area contributed by atoms with Crippen LogP contribution >= 0.6 is 23.2 Å². The van der Waals surface area contributed by atoms with Gasteiger partial charge < -0.3 is 10.1 Å². The van der Waals surface area contributed by atoms with E-state index in [0.717, 1.165) is 49.5 Å². The van der Waals surface area contributed by atoms with Gasteiger partial charge in [-0.1, -0.05) is 47.5 Å². The number of benzene rings is 2. The topological polar surface area (TPSA) is 54.5 Å². The molecule has 1 unspecified atom stereocenters. The summed E-state index contributed by atoms with van der Waals surface area (Å²) in [5.41, 5.74) is 1.77. The van der Waals surface area contributed by atoms with E-state index < -0.39 is 0 Å². The molecule has 0 spiro atoms. The van der Waals surface area contributed by atoms with E-state index in [1.54, 1.807) is 6.20 Å². The van der Waals surface area contributed by atoms with Gasteiger partial charge in [0.2, 0.25) is 5.91 Å². The molecule has 1 saturated heterocycles. The van der Waals surface area contributed by atoms with E-state index in [1.165, 1.54) is 0 Å². The summed E-state index contributed by atoms with van der Waals surface area (Å²) in [6.07, 6.45) is 3.38. The number of hydrogen-bond donors (Lipinski definition) is 1. The fourth-order valence-electron chi connectivity index (χ4n) is 4.06. The monoisotopic (exact) mass is 483 g/mol. The predicted octanol–water partition coefficient (Wildman–Crippen LogP) is 5.39. The Balaban J connectivity index is 1.30. The Labute approximate surface area is 204 Å². The highest BCUT2D eigenvalue weighted by Gasteiger charge is 2.27. The third-order valence-corrected chi connectivity index (χ3v) is 6.39. The standard InChI is InChI=1S/C26H27Cl2N3O2/c27-21-9-7-19(8-10-21)25(24-6-1-2-13-29-24)30-26(32)20-11-14-31(15-12-20)16-17-33-23-5-3-4-22(28)18-23/h1-10,13,18,20,25H,11-12,14-17H2,(H,30,32). The van der Waals surface area contributed by atoms with Crippen molar-refractivity contribution in [3.8, 4) is 5.75 Å². The van der Waals surface area contributed by atoms with Crippen LogP contribution < -0.4 is 10.1 Å². The van der Waals surface area contributed by atoms with E-state index >= 15 is 0 Å². The molecule has 5 nitrogen and oxygen atoms in total. The number of halogens is 2. The molecule has 2 heterocycles. The molecule has 7 heteroatoms. The van der Waals surface area contributed by atoms with E-state index in [2.05, 4.69) is 15.2 Å². The first kappa shape index (κ1) is 23.6. The van der Waals surface area contributed by atoms with Gasteiger partial charge in [-0.15, -0.1) is 0 Å². The van der Waals surface area contributed by atoms with Crippen molar-refractivity contribution in [1.29, 1.82) is 0 Å². The zero-order chi connectivity index (χ0) is 23.0. The van der Waals surface area contributed by atoms with E-state index in [9.17, 15) is 4.79 Å². The van der Waals surface area contributed by atoms with Gasteiger partial charge in [-0.25, -0.2) is 0 Å². The lowest BCUT2D eigenvalue weighted by atomic mass is 9.94. The lowest BCUT2D eigenvalue weighted by Crippen LogP contribution is -2.42. The summed E-state index contributed by atoms with van der Waals surface area (Å²) >= 11 is 12.1. The first-order valence-corrected chi connectivity index (χ1v) is 11.9. The first-order chi connectivity index (χ1) is 16.1. The summed E-state index contributed by atoms with van der Waals surface area (Å²) < 4.78 is 5.80. The molecular weight excluding hydrogens is 457 g/mol. The first-order valence-electron chi connectivity index (χ1n) is 11.2. The van der Waals surface area contributed by atoms with Crippen molar-refractivity contribution in [2.45, 2.75) is 18.9 Å². The maximum absolute atomic E-state index is 13.1. The summed E-state index contributed by atoms with van der Waals surface area (Å²) in [5.74, 6) is 0.823. The van der Waals surface area contributed by atoms with Crippen molar-refractivity contribution in [3.63, 3.8) is 0 Å². The van der Waals surface area contributed by atoms with Gasteiger partial charge in [0.1, 0.15) is 12.4 Å². The fourth-order valence-corrected chi connectivity index (χ4v) is 4.36. The summed E-state index contributed by atoms with van der Waals surface area (Å²) in [5, 5.41) is 4.56. The lowest BCUT2D eigenvalue weighted by Gasteiger charge is -2.32. The second-order valence-corrected chi connectivity index (χ2v) is 9.04. The predicted molar refractivity (Wildman–Crippen MR) is 132 cm³/mol. The molecule has 1 amide bonds. The number of likely N-dealkylation sites (tertiary alicyclic amines) is 1. The minimum atomic E-state index is -0.305. The quantitative estimate of drug-likeness (QED) is 0.466. The van der Waals surface area contributed by atoms with Gasteiger partial charge in [0.15, 0.2) is 0 Å². The molecule has 0 saturated carbocycles. The molecule has 0 bridgehead atoms. The van der Waals surface area contributed by atoms with Crippen LogP contribution in [0, 0.1) is 5.92 Å². The number of hydrogen-bond acceptors (Lipinski definition) is 4. The molecule has 1 aromatic heterocycles. The van der Waals surface area contributed by atoms with Crippen molar-refractivity contribution in [2.24, 2.45) is 5.92 Å². The molecule has 2 aromatic carbocycles. The molecule has 1 N–H and O–H groups in total. The van der Waals surface area contributed by atoms with Crippen molar-refractivity contribution < 1.29 is 9.53 Å². The average Bonchev–Trinajstić information content (AvgIpc) is 2.84. The number of carbonyl (C=O) groups excluding carboxylic acids is 1. The number of carbonyl (C=O) groups is 1. The molecule has 1 aliphatic heterocycles. The Hall–Kier alpha value is -2.60. The largest absolute Gasteiger partial charge is 0.492 e.